The topological polar surface area (TPSA) is 55.1 Å². The molecule has 1 amide bonds. The molecule has 0 saturated carbocycles. The van der Waals surface area contributed by atoms with Gasteiger partial charge in [-0.15, -0.1) is 0 Å². The van der Waals surface area contributed by atoms with Gasteiger partial charge < -0.3 is 9.73 Å². The van der Waals surface area contributed by atoms with Crippen LogP contribution in [0, 0.1) is 5.92 Å². The fourth-order valence-electron chi connectivity index (χ4n) is 2.35. The zero-order valence-corrected chi connectivity index (χ0v) is 14.6. The van der Waals surface area contributed by atoms with E-state index in [1.807, 2.05) is 38.1 Å². The molecule has 0 atom stereocenters. The van der Waals surface area contributed by atoms with Gasteiger partial charge in [0.1, 0.15) is 5.52 Å². The summed E-state index contributed by atoms with van der Waals surface area (Å²) < 4.78 is 5.83. The number of rotatable bonds is 4. The molecule has 0 aliphatic rings. The predicted molar refractivity (Wildman–Crippen MR) is 97.3 cm³/mol. The molecule has 0 fully saturated rings. The van der Waals surface area contributed by atoms with Crippen LogP contribution < -0.4 is 5.32 Å². The van der Waals surface area contributed by atoms with Crippen LogP contribution in [0.25, 0.3) is 22.6 Å². The van der Waals surface area contributed by atoms with Gasteiger partial charge >= 0.3 is 0 Å². The Morgan fingerprint density at radius 1 is 1.25 bits per heavy atom. The number of carbonyl (C=O) groups is 1. The highest BCUT2D eigenvalue weighted by Gasteiger charge is 2.13. The average molecular weight is 343 g/mol. The second kappa shape index (κ2) is 6.65. The molecule has 0 bridgehead atoms. The summed E-state index contributed by atoms with van der Waals surface area (Å²) in [5.41, 5.74) is 4.11. The molecule has 4 nitrogen and oxygen atoms in total. The van der Waals surface area contributed by atoms with Crippen LogP contribution in [0.15, 0.2) is 40.8 Å². The zero-order valence-electron chi connectivity index (χ0n) is 13.9. The number of anilines is 1. The Morgan fingerprint density at radius 2 is 2.04 bits per heavy atom. The number of fused-ring (bicyclic) bond motifs is 1. The monoisotopic (exact) mass is 342 g/mol. The maximum absolute atomic E-state index is 11.9. The highest BCUT2D eigenvalue weighted by atomic mass is 35.5. The van der Waals surface area contributed by atoms with Crippen molar-refractivity contribution in [1.82, 2.24) is 4.98 Å². The first-order valence-corrected chi connectivity index (χ1v) is 8.36. The third kappa shape index (κ3) is 3.29. The molecule has 3 rings (SSSR count). The Kier molecular flexibility index (Phi) is 4.58. The maximum Gasteiger partial charge on any atom is 0.227 e. The third-order valence-electron chi connectivity index (χ3n) is 3.86. The summed E-state index contributed by atoms with van der Waals surface area (Å²) in [4.78, 5) is 16.5. The van der Waals surface area contributed by atoms with Gasteiger partial charge in [0.05, 0.1) is 10.7 Å². The van der Waals surface area contributed by atoms with Crippen molar-refractivity contribution in [3.63, 3.8) is 0 Å². The molecular weight excluding hydrogens is 324 g/mol. The number of nitrogens with one attached hydrogen (secondary N) is 1. The molecule has 0 aliphatic heterocycles. The summed E-state index contributed by atoms with van der Waals surface area (Å²) >= 11 is 6.18. The van der Waals surface area contributed by atoms with Crippen LogP contribution >= 0.6 is 11.6 Å². The van der Waals surface area contributed by atoms with E-state index >= 15 is 0 Å². The van der Waals surface area contributed by atoms with E-state index in [0.717, 1.165) is 23.1 Å². The molecule has 0 radical (unpaired) electrons. The van der Waals surface area contributed by atoms with Crippen molar-refractivity contribution in [3.8, 4) is 11.5 Å². The van der Waals surface area contributed by atoms with Crippen LogP contribution in [-0.4, -0.2) is 10.9 Å². The summed E-state index contributed by atoms with van der Waals surface area (Å²) in [5.74, 6) is 0.302. The number of benzene rings is 2. The second-order valence-corrected chi connectivity index (χ2v) is 6.42. The van der Waals surface area contributed by atoms with Crippen LogP contribution in [0.1, 0.15) is 26.3 Å². The SMILES string of the molecule is CCc1ccc2oc(-c3ccc(Cl)c(NC(=O)C(C)C)c3)nc2c1. The molecule has 24 heavy (non-hydrogen) atoms. The summed E-state index contributed by atoms with van der Waals surface area (Å²) in [6.07, 6.45) is 0.949. The van der Waals surface area contributed by atoms with Crippen molar-refractivity contribution in [2.45, 2.75) is 27.2 Å². The van der Waals surface area contributed by atoms with Crippen LogP contribution in [0.4, 0.5) is 5.69 Å². The molecular formula is C19H19ClN2O2. The van der Waals surface area contributed by atoms with E-state index in [4.69, 9.17) is 16.0 Å². The minimum atomic E-state index is -0.124. The zero-order chi connectivity index (χ0) is 17.3. The Hall–Kier alpha value is -2.33. The Labute approximate surface area is 145 Å². The number of hydrogen-bond acceptors (Lipinski definition) is 3. The van der Waals surface area contributed by atoms with Crippen LogP contribution in [0.2, 0.25) is 5.02 Å². The average Bonchev–Trinajstić information content (AvgIpc) is 2.99. The molecule has 2 aromatic carbocycles. The van der Waals surface area contributed by atoms with Gasteiger partial charge in [-0.2, -0.15) is 0 Å². The number of halogens is 1. The van der Waals surface area contributed by atoms with Gasteiger partial charge in [0.2, 0.25) is 11.8 Å². The fraction of sp³-hybridized carbons (Fsp3) is 0.263. The van der Waals surface area contributed by atoms with Crippen LogP contribution in [-0.2, 0) is 11.2 Å². The molecule has 0 aliphatic carbocycles. The fourth-order valence-corrected chi connectivity index (χ4v) is 2.51. The molecule has 3 aromatic rings. The smallest absolute Gasteiger partial charge is 0.227 e. The highest BCUT2D eigenvalue weighted by molar-refractivity contribution is 6.33. The van der Waals surface area contributed by atoms with E-state index in [0.29, 0.717) is 16.6 Å². The first kappa shape index (κ1) is 16.5. The Balaban J connectivity index is 1.98. The first-order valence-electron chi connectivity index (χ1n) is 7.98. The lowest BCUT2D eigenvalue weighted by Gasteiger charge is -2.10. The minimum absolute atomic E-state index is 0.0841. The van der Waals surface area contributed by atoms with Gasteiger partial charge in [-0.25, -0.2) is 4.98 Å². The summed E-state index contributed by atoms with van der Waals surface area (Å²) in [7, 11) is 0. The van der Waals surface area contributed by atoms with Crippen molar-refractivity contribution < 1.29 is 9.21 Å². The first-order chi connectivity index (χ1) is 11.5. The van der Waals surface area contributed by atoms with Crippen molar-refractivity contribution in [2.24, 2.45) is 5.92 Å². The number of aromatic nitrogens is 1. The van der Waals surface area contributed by atoms with Gasteiger partial charge in [-0.3, -0.25) is 4.79 Å². The van der Waals surface area contributed by atoms with Gasteiger partial charge in [-0.05, 0) is 42.3 Å². The largest absolute Gasteiger partial charge is 0.436 e. The van der Waals surface area contributed by atoms with Crippen molar-refractivity contribution >= 4 is 34.3 Å². The summed E-state index contributed by atoms with van der Waals surface area (Å²) in [6.45, 7) is 5.77. The second-order valence-electron chi connectivity index (χ2n) is 6.01. The molecule has 1 aromatic heterocycles. The van der Waals surface area contributed by atoms with Gasteiger partial charge in [0.25, 0.3) is 0 Å². The van der Waals surface area contributed by atoms with Crippen LogP contribution in [0.5, 0.6) is 0 Å². The molecule has 1 heterocycles. The summed E-state index contributed by atoms with van der Waals surface area (Å²) in [5, 5.41) is 3.31. The lowest BCUT2D eigenvalue weighted by Crippen LogP contribution is -2.17. The van der Waals surface area contributed by atoms with Crippen LogP contribution in [0.3, 0.4) is 0 Å². The predicted octanol–water partition coefficient (Wildman–Crippen LogP) is 5.31. The van der Waals surface area contributed by atoms with E-state index < -0.39 is 0 Å². The van der Waals surface area contributed by atoms with E-state index in [1.54, 1.807) is 12.1 Å². The molecule has 5 heteroatoms. The van der Waals surface area contributed by atoms with Crippen molar-refractivity contribution in [3.05, 3.63) is 47.0 Å². The third-order valence-corrected chi connectivity index (χ3v) is 4.19. The lowest BCUT2D eigenvalue weighted by molar-refractivity contribution is -0.118. The van der Waals surface area contributed by atoms with Gasteiger partial charge in [0.15, 0.2) is 5.58 Å². The normalized spacial score (nSPS) is 11.2. The van der Waals surface area contributed by atoms with E-state index in [9.17, 15) is 4.79 Å². The highest BCUT2D eigenvalue weighted by Crippen LogP contribution is 2.31. The summed E-state index contributed by atoms with van der Waals surface area (Å²) in [6, 6.07) is 11.3. The number of aryl methyl sites for hydroxylation is 1. The lowest BCUT2D eigenvalue weighted by atomic mass is 10.1. The number of oxazole rings is 1. The minimum Gasteiger partial charge on any atom is -0.436 e. The van der Waals surface area contributed by atoms with E-state index in [1.165, 1.54) is 5.56 Å². The number of nitrogens with zero attached hydrogens (tertiary/aromatic N) is 1. The molecule has 1 N–H and O–H groups in total. The van der Waals surface area contributed by atoms with Gasteiger partial charge in [-0.1, -0.05) is 38.4 Å². The number of hydrogen-bond donors (Lipinski definition) is 1. The van der Waals surface area contributed by atoms with Crippen molar-refractivity contribution in [2.75, 3.05) is 5.32 Å². The quantitative estimate of drug-likeness (QED) is 0.699. The van der Waals surface area contributed by atoms with E-state index in [-0.39, 0.29) is 11.8 Å². The number of carbonyl (C=O) groups excluding carboxylic acids is 1. The molecule has 0 saturated heterocycles. The van der Waals surface area contributed by atoms with Crippen molar-refractivity contribution in [1.29, 1.82) is 0 Å². The molecule has 0 unspecified atom stereocenters. The van der Waals surface area contributed by atoms with Gasteiger partial charge in [0, 0.05) is 11.5 Å². The Morgan fingerprint density at radius 3 is 2.75 bits per heavy atom. The molecule has 0 spiro atoms. The Bertz CT molecular complexity index is 900. The van der Waals surface area contributed by atoms with E-state index in [2.05, 4.69) is 17.2 Å². The molecule has 124 valence electrons. The standard InChI is InChI=1S/C19H19ClN2O2/c1-4-12-5-8-17-16(9-12)22-19(24-17)13-6-7-14(20)15(10-13)21-18(23)11(2)3/h5-11H,4H2,1-3H3,(H,21,23). The maximum atomic E-state index is 11.9. The number of amides is 1.